The van der Waals surface area contributed by atoms with Gasteiger partial charge in [-0.3, -0.25) is 23.5 Å². The Morgan fingerprint density at radius 3 is 1.54 bits per heavy atom. The maximum atomic E-state index is 12.2. The number of nitrogens with zero attached hydrogens (tertiary/aromatic N) is 2. The molecule has 0 aromatic heterocycles. The van der Waals surface area contributed by atoms with E-state index < -0.39 is 34.7 Å². The molecule has 1 atom stereocenters. The van der Waals surface area contributed by atoms with Crippen LogP contribution < -0.4 is 10.6 Å². The van der Waals surface area contributed by atoms with Crippen LogP contribution in [0, 0.1) is 0 Å². The van der Waals surface area contributed by atoms with Crippen molar-refractivity contribution in [2.45, 2.75) is 12.8 Å². The van der Waals surface area contributed by atoms with Crippen LogP contribution in [-0.4, -0.2) is 105 Å². The predicted octanol–water partition coefficient (Wildman–Crippen LogP) is -0.938. The highest BCUT2D eigenvalue weighted by molar-refractivity contribution is 7.72. The summed E-state index contributed by atoms with van der Waals surface area (Å²) in [6, 6.07) is 0. The van der Waals surface area contributed by atoms with Gasteiger partial charge in [0.2, 0.25) is 7.37 Å². The first-order chi connectivity index (χ1) is 12.9. The van der Waals surface area contributed by atoms with Gasteiger partial charge in [0.25, 0.3) is 0 Å². The Morgan fingerprint density at radius 2 is 1.11 bits per heavy atom. The van der Waals surface area contributed by atoms with Crippen molar-refractivity contribution in [2.75, 3.05) is 70.8 Å². The third-order valence-electron chi connectivity index (χ3n) is 4.08. The molecule has 0 spiro atoms. The normalized spacial score (nSPS) is 23.0. The van der Waals surface area contributed by atoms with Gasteiger partial charge in [0.05, 0.1) is 6.29 Å². The molecule has 0 amide bonds. The van der Waals surface area contributed by atoms with Crippen LogP contribution in [0.15, 0.2) is 0 Å². The number of hydrogen-bond acceptors (Lipinski definition) is 7. The molecule has 28 heavy (non-hydrogen) atoms. The lowest BCUT2D eigenvalue weighted by molar-refractivity contribution is 0.218. The van der Waals surface area contributed by atoms with E-state index in [-0.39, 0.29) is 19.4 Å². The van der Waals surface area contributed by atoms with Crippen LogP contribution in [0.3, 0.4) is 0 Å². The van der Waals surface area contributed by atoms with Gasteiger partial charge in [0.15, 0.2) is 0 Å². The van der Waals surface area contributed by atoms with Crippen molar-refractivity contribution >= 4 is 22.6 Å². The maximum Gasteiger partial charge on any atom is 0.339 e. The molecular weight excluding hydrogens is 433 g/mol. The zero-order valence-electron chi connectivity index (χ0n) is 15.9. The van der Waals surface area contributed by atoms with Crippen LogP contribution in [0.2, 0.25) is 0 Å². The first-order valence-corrected chi connectivity index (χ1v) is 14.7. The SMILES string of the molecule is O=P(O)(O)CN1CCCNCCNCCCN(CP(=O)(O)CP(=O)(O)O)CC1. The number of hydrogen-bond donors (Lipinski definition) is 7. The van der Waals surface area contributed by atoms with Crippen LogP contribution in [0.5, 0.6) is 0 Å². The Bertz CT molecular complexity index is 598. The summed E-state index contributed by atoms with van der Waals surface area (Å²) < 4.78 is 34.7. The summed E-state index contributed by atoms with van der Waals surface area (Å²) in [5.74, 6) is -1.08. The standard InChI is InChI=1S/C13H33N4O8P3/c18-26(19,13-28(23,24)25)11-16-7-1-3-14-5-6-15-4-2-8-17(10-9-16)12-27(20,21)22/h14-15H,1-13H2,(H,18,19)(H2,20,21,22)(H2,23,24,25). The van der Waals surface area contributed by atoms with Gasteiger partial charge in [-0.1, -0.05) is 0 Å². The van der Waals surface area contributed by atoms with E-state index in [1.165, 1.54) is 0 Å². The molecule has 1 heterocycles. The molecule has 0 aliphatic carbocycles. The monoisotopic (exact) mass is 466 g/mol. The first kappa shape index (κ1) is 26.4. The smallest absolute Gasteiger partial charge is 0.339 e. The fraction of sp³-hybridized carbons (Fsp3) is 1.00. The minimum absolute atomic E-state index is 0.263. The molecule has 1 aliphatic rings. The van der Waals surface area contributed by atoms with E-state index in [1.54, 1.807) is 9.80 Å². The topological polar surface area (TPSA) is 183 Å². The lowest BCUT2D eigenvalue weighted by Gasteiger charge is -2.29. The Hall–Kier alpha value is 0.330. The first-order valence-electron chi connectivity index (χ1n) is 9.12. The van der Waals surface area contributed by atoms with Crippen molar-refractivity contribution in [3.63, 3.8) is 0 Å². The summed E-state index contributed by atoms with van der Waals surface area (Å²) in [6.07, 6.45) is 0.580. The molecule has 0 radical (unpaired) electrons. The van der Waals surface area contributed by atoms with E-state index in [9.17, 15) is 28.4 Å². The highest BCUT2D eigenvalue weighted by atomic mass is 31.2. The van der Waals surface area contributed by atoms with Gasteiger partial charge in [-0.15, -0.1) is 0 Å². The van der Waals surface area contributed by atoms with Crippen LogP contribution in [0.4, 0.5) is 0 Å². The zero-order valence-corrected chi connectivity index (χ0v) is 18.6. The molecule has 0 aromatic rings. The van der Waals surface area contributed by atoms with Crippen molar-refractivity contribution in [2.24, 2.45) is 0 Å². The lowest BCUT2D eigenvalue weighted by Crippen LogP contribution is -2.39. The molecule has 168 valence electrons. The van der Waals surface area contributed by atoms with E-state index in [4.69, 9.17) is 9.79 Å². The second kappa shape index (κ2) is 12.2. The molecule has 7 N–H and O–H groups in total. The third-order valence-corrected chi connectivity index (χ3v) is 8.93. The largest absolute Gasteiger partial charge is 0.343 e. The molecule has 1 rings (SSSR count). The fourth-order valence-electron chi connectivity index (χ4n) is 2.98. The summed E-state index contributed by atoms with van der Waals surface area (Å²) in [5.41, 5.74) is 0. The zero-order chi connectivity index (χ0) is 21.3. The number of rotatable bonds is 6. The molecule has 12 nitrogen and oxygen atoms in total. The van der Waals surface area contributed by atoms with Crippen molar-refractivity contribution in [1.82, 2.24) is 20.4 Å². The molecule has 0 bridgehead atoms. The van der Waals surface area contributed by atoms with E-state index in [1.807, 2.05) is 0 Å². The summed E-state index contributed by atoms with van der Waals surface area (Å²) >= 11 is 0. The van der Waals surface area contributed by atoms with Crippen molar-refractivity contribution in [3.8, 4) is 0 Å². The van der Waals surface area contributed by atoms with Crippen LogP contribution >= 0.6 is 22.6 Å². The summed E-state index contributed by atoms with van der Waals surface area (Å²) in [4.78, 5) is 49.8. The molecule has 1 unspecified atom stereocenters. The Kier molecular flexibility index (Phi) is 11.5. The molecule has 1 saturated heterocycles. The van der Waals surface area contributed by atoms with Gasteiger partial charge >= 0.3 is 15.2 Å². The Labute approximate surface area is 165 Å². The second-order valence-corrected chi connectivity index (χ2v) is 13.1. The fourth-order valence-corrected chi connectivity index (χ4v) is 7.35. The Balaban J connectivity index is 2.78. The predicted molar refractivity (Wildman–Crippen MR) is 107 cm³/mol. The lowest BCUT2D eigenvalue weighted by atomic mass is 10.3. The minimum Gasteiger partial charge on any atom is -0.343 e. The maximum absolute atomic E-state index is 12.2. The van der Waals surface area contributed by atoms with Crippen molar-refractivity contribution in [1.29, 1.82) is 0 Å². The van der Waals surface area contributed by atoms with Gasteiger partial charge in [-0.2, -0.15) is 0 Å². The molecule has 0 aromatic carbocycles. The average molecular weight is 466 g/mol. The molecular formula is C13H33N4O8P3. The van der Waals surface area contributed by atoms with E-state index in [0.717, 1.165) is 13.1 Å². The molecule has 1 aliphatic heterocycles. The highest BCUT2D eigenvalue weighted by Crippen LogP contribution is 2.54. The average Bonchev–Trinajstić information content (AvgIpc) is 2.49. The summed E-state index contributed by atoms with van der Waals surface area (Å²) in [6.45, 7) is 4.32. The number of nitrogens with one attached hydrogen (secondary N) is 2. The van der Waals surface area contributed by atoms with Crippen molar-refractivity contribution in [3.05, 3.63) is 0 Å². The van der Waals surface area contributed by atoms with Gasteiger partial charge in [0.1, 0.15) is 12.2 Å². The van der Waals surface area contributed by atoms with Crippen molar-refractivity contribution < 1.29 is 38.2 Å². The van der Waals surface area contributed by atoms with Gasteiger partial charge in [-0.25, -0.2) is 0 Å². The minimum atomic E-state index is -4.63. The van der Waals surface area contributed by atoms with Crippen LogP contribution in [0.1, 0.15) is 12.8 Å². The van der Waals surface area contributed by atoms with E-state index in [2.05, 4.69) is 10.6 Å². The van der Waals surface area contributed by atoms with Gasteiger partial charge < -0.3 is 35.1 Å². The van der Waals surface area contributed by atoms with E-state index in [0.29, 0.717) is 39.0 Å². The third kappa shape index (κ3) is 14.3. The summed E-state index contributed by atoms with van der Waals surface area (Å²) in [7, 11) is -12.9. The highest BCUT2D eigenvalue weighted by Gasteiger charge is 2.31. The van der Waals surface area contributed by atoms with Crippen LogP contribution in [0.25, 0.3) is 0 Å². The van der Waals surface area contributed by atoms with Gasteiger partial charge in [0, 0.05) is 32.7 Å². The Morgan fingerprint density at radius 1 is 0.643 bits per heavy atom. The quantitative estimate of drug-likeness (QED) is 0.239. The second-order valence-electron chi connectivity index (χ2n) is 7.04. The van der Waals surface area contributed by atoms with Gasteiger partial charge in [-0.05, 0) is 32.5 Å². The molecule has 15 heteroatoms. The van der Waals surface area contributed by atoms with Crippen LogP contribution in [-0.2, 0) is 13.7 Å². The molecule has 0 saturated carbocycles. The summed E-state index contributed by atoms with van der Waals surface area (Å²) in [5, 5.41) is 6.49. The van der Waals surface area contributed by atoms with E-state index >= 15 is 0 Å². The molecule has 1 fully saturated rings.